The van der Waals surface area contributed by atoms with Gasteiger partial charge in [-0.3, -0.25) is 0 Å². The van der Waals surface area contributed by atoms with Crippen molar-refractivity contribution in [2.45, 2.75) is 12.7 Å². The Labute approximate surface area is 95.3 Å². The Morgan fingerprint density at radius 1 is 1.60 bits per heavy atom. The first-order valence-corrected chi connectivity index (χ1v) is 6.52. The van der Waals surface area contributed by atoms with Crippen LogP contribution in [-0.2, 0) is 5.75 Å². The quantitative estimate of drug-likeness (QED) is 0.893. The van der Waals surface area contributed by atoms with Crippen molar-refractivity contribution in [3.63, 3.8) is 0 Å². The number of nitrogens with zero attached hydrogens (tertiary/aromatic N) is 2. The fourth-order valence-corrected chi connectivity index (χ4v) is 2.27. The molecule has 0 bridgehead atoms. The van der Waals surface area contributed by atoms with Crippen LogP contribution in [0, 0.1) is 0 Å². The lowest BCUT2D eigenvalue weighted by Gasteiger charge is -1.89. The Bertz CT molecular complexity index is 439. The van der Waals surface area contributed by atoms with E-state index in [2.05, 4.69) is 17.1 Å². The molecule has 2 rings (SSSR count). The molecule has 2 aromatic heterocycles. The monoisotopic (exact) mass is 242 g/mol. The summed E-state index contributed by atoms with van der Waals surface area (Å²) in [6, 6.07) is 1.62. The van der Waals surface area contributed by atoms with Crippen LogP contribution in [0.4, 0.5) is 0 Å². The third-order valence-electron chi connectivity index (χ3n) is 1.74. The van der Waals surface area contributed by atoms with Gasteiger partial charge in [0.25, 0.3) is 5.89 Å². The van der Waals surface area contributed by atoms with Gasteiger partial charge in [-0.2, -0.15) is 16.7 Å². The molecule has 0 aliphatic rings. The molecule has 80 valence electrons. The maximum absolute atomic E-state index is 9.47. The van der Waals surface area contributed by atoms with Gasteiger partial charge in [0.15, 0.2) is 5.82 Å². The van der Waals surface area contributed by atoms with Gasteiger partial charge in [-0.1, -0.05) is 12.1 Å². The lowest BCUT2D eigenvalue weighted by Crippen LogP contribution is -1.83. The first kappa shape index (κ1) is 10.5. The molecule has 0 aliphatic heterocycles. The summed E-state index contributed by atoms with van der Waals surface area (Å²) in [5.74, 6) is 3.03. The van der Waals surface area contributed by atoms with Crippen molar-refractivity contribution in [2.75, 3.05) is 5.75 Å². The Morgan fingerprint density at radius 2 is 2.47 bits per heavy atom. The first-order valence-electron chi connectivity index (χ1n) is 4.48. The molecular formula is C9H10N2O2S2. The number of hydrogen-bond donors (Lipinski definition) is 1. The minimum atomic E-state index is 0.193. The van der Waals surface area contributed by atoms with Crippen molar-refractivity contribution in [2.24, 2.45) is 0 Å². The van der Waals surface area contributed by atoms with Gasteiger partial charge in [-0.05, 0) is 17.2 Å². The van der Waals surface area contributed by atoms with Crippen LogP contribution in [0.5, 0.6) is 5.75 Å². The molecule has 4 nitrogen and oxygen atoms in total. The normalized spacial score (nSPS) is 10.7. The van der Waals surface area contributed by atoms with E-state index >= 15 is 0 Å². The van der Waals surface area contributed by atoms with Crippen LogP contribution in [0.2, 0.25) is 0 Å². The second kappa shape index (κ2) is 4.67. The molecule has 0 spiro atoms. The molecule has 0 saturated heterocycles. The summed E-state index contributed by atoms with van der Waals surface area (Å²) in [5, 5.41) is 15.1. The highest BCUT2D eigenvalue weighted by atomic mass is 32.2. The van der Waals surface area contributed by atoms with E-state index in [9.17, 15) is 5.11 Å². The van der Waals surface area contributed by atoms with Gasteiger partial charge in [0, 0.05) is 0 Å². The van der Waals surface area contributed by atoms with E-state index in [1.807, 2.05) is 0 Å². The summed E-state index contributed by atoms with van der Waals surface area (Å²) in [4.78, 5) is 4.84. The second-order valence-corrected chi connectivity index (χ2v) is 4.98. The first-order chi connectivity index (χ1) is 7.31. The lowest BCUT2D eigenvalue weighted by atomic mass is 10.4. The number of thioether (sulfide) groups is 1. The summed E-state index contributed by atoms with van der Waals surface area (Å²) in [6.45, 7) is 2.08. The highest BCUT2D eigenvalue weighted by Gasteiger charge is 2.13. The topological polar surface area (TPSA) is 59.2 Å². The van der Waals surface area contributed by atoms with Gasteiger partial charge in [-0.25, -0.2) is 0 Å². The average molecular weight is 242 g/mol. The van der Waals surface area contributed by atoms with Crippen LogP contribution in [-0.4, -0.2) is 21.0 Å². The number of aromatic hydroxyl groups is 1. The third-order valence-corrected chi connectivity index (χ3v) is 3.50. The van der Waals surface area contributed by atoms with Crippen molar-refractivity contribution in [1.29, 1.82) is 0 Å². The zero-order valence-electron chi connectivity index (χ0n) is 8.14. The molecule has 0 aliphatic carbocycles. The summed E-state index contributed by atoms with van der Waals surface area (Å²) in [7, 11) is 0. The Morgan fingerprint density at radius 3 is 3.13 bits per heavy atom. The van der Waals surface area contributed by atoms with Crippen LogP contribution < -0.4 is 0 Å². The summed E-state index contributed by atoms with van der Waals surface area (Å²) >= 11 is 3.12. The Balaban J connectivity index is 2.17. The standard InChI is InChI=1S/C9H10N2O2S2/c1-2-14-5-7-10-9(13-11-7)8-6(12)3-4-15-8/h3-4,12H,2,5H2,1H3. The van der Waals surface area contributed by atoms with E-state index in [1.165, 1.54) is 11.3 Å². The van der Waals surface area contributed by atoms with E-state index in [4.69, 9.17) is 4.52 Å². The third kappa shape index (κ3) is 2.32. The minimum absolute atomic E-state index is 0.193. The van der Waals surface area contributed by atoms with Crippen molar-refractivity contribution < 1.29 is 9.63 Å². The molecule has 0 aromatic carbocycles. The Kier molecular flexibility index (Phi) is 3.27. The molecule has 0 atom stereocenters. The Hall–Kier alpha value is -1.01. The number of rotatable bonds is 4. The predicted octanol–water partition coefficient (Wildman–Crippen LogP) is 2.76. The van der Waals surface area contributed by atoms with E-state index in [-0.39, 0.29) is 5.75 Å². The maximum atomic E-state index is 9.47. The molecule has 2 aromatic rings. The van der Waals surface area contributed by atoms with Crippen molar-refractivity contribution in [3.05, 3.63) is 17.3 Å². The van der Waals surface area contributed by atoms with Gasteiger partial charge < -0.3 is 9.63 Å². The lowest BCUT2D eigenvalue weighted by molar-refractivity contribution is 0.421. The molecule has 0 amide bonds. The SMILES string of the molecule is CCSCc1noc(-c2sccc2O)n1. The molecule has 0 radical (unpaired) electrons. The predicted molar refractivity (Wildman–Crippen MR) is 61.1 cm³/mol. The second-order valence-electron chi connectivity index (χ2n) is 2.79. The smallest absolute Gasteiger partial charge is 0.271 e. The zero-order chi connectivity index (χ0) is 10.7. The van der Waals surface area contributed by atoms with E-state index in [0.29, 0.717) is 16.6 Å². The molecular weight excluding hydrogens is 232 g/mol. The summed E-state index contributed by atoms with van der Waals surface area (Å²) in [5.41, 5.74) is 0. The minimum Gasteiger partial charge on any atom is -0.506 e. The zero-order valence-corrected chi connectivity index (χ0v) is 9.77. The fraction of sp³-hybridized carbons (Fsp3) is 0.333. The van der Waals surface area contributed by atoms with E-state index in [0.717, 1.165) is 11.5 Å². The van der Waals surface area contributed by atoms with Crippen LogP contribution in [0.25, 0.3) is 10.8 Å². The summed E-state index contributed by atoms with van der Waals surface area (Å²) < 4.78 is 5.06. The van der Waals surface area contributed by atoms with Crippen LogP contribution in [0.15, 0.2) is 16.0 Å². The highest BCUT2D eigenvalue weighted by Crippen LogP contribution is 2.33. The van der Waals surface area contributed by atoms with Gasteiger partial charge in [0.05, 0.1) is 5.75 Å². The van der Waals surface area contributed by atoms with Crippen LogP contribution in [0.3, 0.4) is 0 Å². The van der Waals surface area contributed by atoms with Gasteiger partial charge in [-0.15, -0.1) is 11.3 Å². The molecule has 1 N–H and O–H groups in total. The molecule has 2 heterocycles. The number of hydrogen-bond acceptors (Lipinski definition) is 6. The largest absolute Gasteiger partial charge is 0.506 e. The average Bonchev–Trinajstić information content (AvgIpc) is 2.83. The number of thiophene rings is 1. The fourth-order valence-electron chi connectivity index (χ4n) is 1.06. The van der Waals surface area contributed by atoms with Gasteiger partial charge in [0.2, 0.25) is 0 Å². The van der Waals surface area contributed by atoms with Crippen molar-refractivity contribution in [3.8, 4) is 16.5 Å². The molecule has 15 heavy (non-hydrogen) atoms. The number of aromatic nitrogens is 2. The molecule has 0 fully saturated rings. The van der Waals surface area contributed by atoms with Crippen LogP contribution in [0.1, 0.15) is 12.7 Å². The molecule has 0 saturated carbocycles. The maximum Gasteiger partial charge on any atom is 0.271 e. The molecule has 6 heteroatoms. The van der Waals surface area contributed by atoms with Gasteiger partial charge >= 0.3 is 0 Å². The summed E-state index contributed by atoms with van der Waals surface area (Å²) in [6.07, 6.45) is 0. The van der Waals surface area contributed by atoms with E-state index in [1.54, 1.807) is 23.2 Å². The van der Waals surface area contributed by atoms with Crippen LogP contribution >= 0.6 is 23.1 Å². The van der Waals surface area contributed by atoms with Crippen molar-refractivity contribution >= 4 is 23.1 Å². The van der Waals surface area contributed by atoms with Crippen molar-refractivity contribution in [1.82, 2.24) is 10.1 Å². The molecule has 0 unspecified atom stereocenters. The van der Waals surface area contributed by atoms with E-state index < -0.39 is 0 Å². The van der Waals surface area contributed by atoms with Gasteiger partial charge in [0.1, 0.15) is 10.6 Å². The highest BCUT2D eigenvalue weighted by molar-refractivity contribution is 7.98.